The van der Waals surface area contributed by atoms with Crippen molar-refractivity contribution in [3.05, 3.63) is 45.3 Å². The van der Waals surface area contributed by atoms with Crippen LogP contribution in [0.1, 0.15) is 35.9 Å². The average molecular weight is 353 g/mol. The Morgan fingerprint density at radius 3 is 2.76 bits per heavy atom. The Labute approximate surface area is 134 Å². The van der Waals surface area contributed by atoms with E-state index in [0.29, 0.717) is 6.61 Å². The smallest absolute Gasteiger partial charge is 0.140 e. The Bertz CT molecular complexity index is 576. The summed E-state index contributed by atoms with van der Waals surface area (Å²) < 4.78 is 12.0. The van der Waals surface area contributed by atoms with Gasteiger partial charge in [0.05, 0.1) is 15.7 Å². The van der Waals surface area contributed by atoms with Gasteiger partial charge in [0.25, 0.3) is 0 Å². The number of hydrogen-bond acceptors (Lipinski definition) is 4. The molecule has 0 saturated heterocycles. The molecule has 1 aromatic heterocycles. The first-order chi connectivity index (χ1) is 10.1. The second-order valence-electron chi connectivity index (χ2n) is 5.03. The molecule has 0 atom stereocenters. The molecule has 1 heterocycles. The fraction of sp³-hybridized carbons (Fsp3) is 0.438. The third-order valence-electron chi connectivity index (χ3n) is 3.31. The standard InChI is InChI=1S/C16H21BrN2O2/c1-4-7-18-9-13-5-6-16(15(17)8-13)20-10-14-11(2)19-21-12(14)3/h5-6,8,18H,4,7,9-10H2,1-3H3. The molecule has 0 saturated carbocycles. The van der Waals surface area contributed by atoms with Crippen LogP contribution in [0.25, 0.3) is 0 Å². The molecule has 0 aliphatic rings. The highest BCUT2D eigenvalue weighted by Gasteiger charge is 2.10. The minimum atomic E-state index is 0.465. The number of nitrogens with one attached hydrogen (secondary N) is 1. The minimum absolute atomic E-state index is 0.465. The number of hydrogen-bond donors (Lipinski definition) is 1. The summed E-state index contributed by atoms with van der Waals surface area (Å²) in [4.78, 5) is 0. The van der Waals surface area contributed by atoms with Crippen molar-refractivity contribution >= 4 is 15.9 Å². The number of halogens is 1. The molecular weight excluding hydrogens is 332 g/mol. The maximum atomic E-state index is 5.86. The molecule has 4 nitrogen and oxygen atoms in total. The quantitative estimate of drug-likeness (QED) is 0.761. The first kappa shape index (κ1) is 16.0. The molecule has 114 valence electrons. The predicted molar refractivity (Wildman–Crippen MR) is 86.4 cm³/mol. The summed E-state index contributed by atoms with van der Waals surface area (Å²) in [5.74, 6) is 1.64. The number of benzene rings is 1. The van der Waals surface area contributed by atoms with Gasteiger partial charge in [0.15, 0.2) is 0 Å². The summed E-state index contributed by atoms with van der Waals surface area (Å²) in [6.07, 6.45) is 1.14. The number of aromatic nitrogens is 1. The first-order valence-corrected chi connectivity index (χ1v) is 7.94. The summed E-state index contributed by atoms with van der Waals surface area (Å²) in [6.45, 7) is 8.35. The van der Waals surface area contributed by atoms with Crippen molar-refractivity contribution in [1.82, 2.24) is 10.5 Å². The fourth-order valence-electron chi connectivity index (χ4n) is 2.04. The Balaban J connectivity index is 1.98. The van der Waals surface area contributed by atoms with Crippen LogP contribution in [-0.4, -0.2) is 11.7 Å². The zero-order chi connectivity index (χ0) is 15.2. The Morgan fingerprint density at radius 2 is 2.14 bits per heavy atom. The summed E-state index contributed by atoms with van der Waals surface area (Å²) in [6, 6.07) is 6.16. The average Bonchev–Trinajstić information content (AvgIpc) is 2.78. The normalized spacial score (nSPS) is 10.9. The maximum Gasteiger partial charge on any atom is 0.140 e. The first-order valence-electron chi connectivity index (χ1n) is 7.15. The molecule has 1 aromatic carbocycles. The molecule has 0 radical (unpaired) electrons. The van der Waals surface area contributed by atoms with E-state index in [0.717, 1.165) is 46.8 Å². The lowest BCUT2D eigenvalue weighted by Crippen LogP contribution is -2.13. The molecule has 0 aliphatic heterocycles. The van der Waals surface area contributed by atoms with Gasteiger partial charge in [-0.3, -0.25) is 0 Å². The SMILES string of the molecule is CCCNCc1ccc(OCc2c(C)noc2C)c(Br)c1. The van der Waals surface area contributed by atoms with E-state index in [1.807, 2.05) is 19.9 Å². The number of ether oxygens (including phenoxy) is 1. The van der Waals surface area contributed by atoms with Gasteiger partial charge in [-0.1, -0.05) is 18.1 Å². The van der Waals surface area contributed by atoms with Gasteiger partial charge in [-0.2, -0.15) is 0 Å². The van der Waals surface area contributed by atoms with Crippen LogP contribution in [0.3, 0.4) is 0 Å². The van der Waals surface area contributed by atoms with E-state index < -0.39 is 0 Å². The molecular formula is C16H21BrN2O2. The van der Waals surface area contributed by atoms with Gasteiger partial charge in [-0.15, -0.1) is 0 Å². The van der Waals surface area contributed by atoms with E-state index in [1.54, 1.807) is 0 Å². The van der Waals surface area contributed by atoms with E-state index >= 15 is 0 Å². The summed E-state index contributed by atoms with van der Waals surface area (Å²) >= 11 is 3.57. The van der Waals surface area contributed by atoms with E-state index in [1.165, 1.54) is 5.56 Å². The second-order valence-corrected chi connectivity index (χ2v) is 5.89. The Kier molecular flexibility index (Phi) is 5.82. The molecule has 2 aromatic rings. The van der Waals surface area contributed by atoms with Crippen LogP contribution < -0.4 is 10.1 Å². The number of aryl methyl sites for hydroxylation is 2. The lowest BCUT2D eigenvalue weighted by molar-refractivity contribution is 0.299. The second kappa shape index (κ2) is 7.61. The van der Waals surface area contributed by atoms with Crippen molar-refractivity contribution in [1.29, 1.82) is 0 Å². The van der Waals surface area contributed by atoms with Crippen LogP contribution in [0.2, 0.25) is 0 Å². The molecule has 0 amide bonds. The van der Waals surface area contributed by atoms with Crippen LogP contribution in [0, 0.1) is 13.8 Å². The van der Waals surface area contributed by atoms with E-state index in [2.05, 4.69) is 45.5 Å². The molecule has 0 fully saturated rings. The topological polar surface area (TPSA) is 47.3 Å². The molecule has 2 rings (SSSR count). The molecule has 21 heavy (non-hydrogen) atoms. The highest BCUT2D eigenvalue weighted by atomic mass is 79.9. The zero-order valence-electron chi connectivity index (χ0n) is 12.7. The van der Waals surface area contributed by atoms with Gasteiger partial charge < -0.3 is 14.6 Å². The molecule has 0 aliphatic carbocycles. The number of nitrogens with zero attached hydrogens (tertiary/aromatic N) is 1. The highest BCUT2D eigenvalue weighted by Crippen LogP contribution is 2.27. The van der Waals surface area contributed by atoms with Crippen LogP contribution in [0.4, 0.5) is 0 Å². The van der Waals surface area contributed by atoms with E-state index in [9.17, 15) is 0 Å². The summed E-state index contributed by atoms with van der Waals surface area (Å²) in [7, 11) is 0. The van der Waals surface area contributed by atoms with E-state index in [-0.39, 0.29) is 0 Å². The lowest BCUT2D eigenvalue weighted by atomic mass is 10.2. The molecule has 0 spiro atoms. The van der Waals surface area contributed by atoms with Gasteiger partial charge in [-0.25, -0.2) is 0 Å². The van der Waals surface area contributed by atoms with Crippen LogP contribution in [0.5, 0.6) is 5.75 Å². The third kappa shape index (κ3) is 4.32. The lowest BCUT2D eigenvalue weighted by Gasteiger charge is -2.10. The van der Waals surface area contributed by atoms with Crippen LogP contribution >= 0.6 is 15.9 Å². The highest BCUT2D eigenvalue weighted by molar-refractivity contribution is 9.10. The summed E-state index contributed by atoms with van der Waals surface area (Å²) in [5, 5.41) is 7.32. The fourth-order valence-corrected chi connectivity index (χ4v) is 2.58. The van der Waals surface area contributed by atoms with Gasteiger partial charge in [0, 0.05) is 6.54 Å². The van der Waals surface area contributed by atoms with Crippen molar-refractivity contribution in [3.63, 3.8) is 0 Å². The third-order valence-corrected chi connectivity index (χ3v) is 3.93. The maximum absolute atomic E-state index is 5.86. The van der Waals surface area contributed by atoms with Gasteiger partial charge >= 0.3 is 0 Å². The summed E-state index contributed by atoms with van der Waals surface area (Å²) in [5.41, 5.74) is 3.12. The molecule has 0 bridgehead atoms. The molecule has 1 N–H and O–H groups in total. The number of rotatable bonds is 7. The van der Waals surface area contributed by atoms with Crippen molar-refractivity contribution in [2.75, 3.05) is 6.54 Å². The predicted octanol–water partition coefficient (Wildman–Crippen LogP) is 4.13. The minimum Gasteiger partial charge on any atom is -0.488 e. The monoisotopic (exact) mass is 352 g/mol. The van der Waals surface area contributed by atoms with Crippen molar-refractivity contribution in [2.45, 2.75) is 40.3 Å². The van der Waals surface area contributed by atoms with Crippen molar-refractivity contribution < 1.29 is 9.26 Å². The van der Waals surface area contributed by atoms with Crippen molar-refractivity contribution in [2.24, 2.45) is 0 Å². The van der Waals surface area contributed by atoms with Crippen molar-refractivity contribution in [3.8, 4) is 5.75 Å². The van der Waals surface area contributed by atoms with E-state index in [4.69, 9.17) is 9.26 Å². The van der Waals surface area contributed by atoms with Crippen LogP contribution in [0.15, 0.2) is 27.2 Å². The molecule has 5 heteroatoms. The largest absolute Gasteiger partial charge is 0.488 e. The van der Waals surface area contributed by atoms with Crippen LogP contribution in [-0.2, 0) is 13.2 Å². The molecule has 0 unspecified atom stereocenters. The Morgan fingerprint density at radius 1 is 1.33 bits per heavy atom. The Hall–Kier alpha value is -1.33. The van der Waals surface area contributed by atoms with Gasteiger partial charge in [-0.05, 0) is 60.4 Å². The van der Waals surface area contributed by atoms with Gasteiger partial charge in [0.2, 0.25) is 0 Å². The van der Waals surface area contributed by atoms with Gasteiger partial charge in [0.1, 0.15) is 18.1 Å². The zero-order valence-corrected chi connectivity index (χ0v) is 14.3.